The molecule has 3 aromatic rings. The molecule has 3 N–H and O–H groups in total. The highest BCUT2D eigenvalue weighted by molar-refractivity contribution is 7.92. The number of nitrogens with zero attached hydrogens (tertiary/aromatic N) is 3. The zero-order valence-electron chi connectivity index (χ0n) is 23.3. The maximum Gasteiger partial charge on any atom is 0.255 e. The molecule has 0 bridgehead atoms. The molecular weight excluding hydrogens is 564 g/mol. The van der Waals surface area contributed by atoms with Crippen molar-refractivity contribution in [3.05, 3.63) is 54.2 Å². The van der Waals surface area contributed by atoms with Crippen LogP contribution in [0.2, 0.25) is 0 Å². The van der Waals surface area contributed by atoms with E-state index in [0.717, 1.165) is 31.3 Å². The molecule has 1 spiro atoms. The Bertz CT molecular complexity index is 1590. The number of alkyl halides is 2. The summed E-state index contributed by atoms with van der Waals surface area (Å²) in [6.07, 6.45) is 5.68. The minimum Gasteiger partial charge on any atom is -0.395 e. The number of amides is 1. The SMILES string of the molecule is O=C(Nc1ccc(NS(=O)(=O)CCO)cc1N1CCC2(CC1)CC2)c1cc(N2CCC(F)(F)CC2)c2ncccc2c1. The molecule has 1 aliphatic carbocycles. The Balaban J connectivity index is 1.30. The lowest BCUT2D eigenvalue weighted by Gasteiger charge is -2.35. The van der Waals surface area contributed by atoms with Crippen LogP contribution < -0.4 is 19.8 Å². The number of aliphatic hydroxyl groups is 1. The van der Waals surface area contributed by atoms with Gasteiger partial charge in [-0.25, -0.2) is 17.2 Å². The molecule has 2 aliphatic heterocycles. The summed E-state index contributed by atoms with van der Waals surface area (Å²) in [4.78, 5) is 22.2. The van der Waals surface area contributed by atoms with Crippen LogP contribution in [-0.4, -0.2) is 68.9 Å². The zero-order chi connectivity index (χ0) is 29.5. The van der Waals surface area contributed by atoms with Gasteiger partial charge in [0.05, 0.1) is 40.6 Å². The number of pyridine rings is 1. The molecule has 1 amide bonds. The van der Waals surface area contributed by atoms with Gasteiger partial charge >= 0.3 is 0 Å². The van der Waals surface area contributed by atoms with Gasteiger partial charge in [-0.1, -0.05) is 6.07 Å². The van der Waals surface area contributed by atoms with Gasteiger partial charge in [0.2, 0.25) is 10.0 Å². The first-order valence-corrected chi connectivity index (χ1v) is 16.0. The van der Waals surface area contributed by atoms with Gasteiger partial charge in [0.15, 0.2) is 0 Å². The molecule has 1 aromatic heterocycles. The summed E-state index contributed by atoms with van der Waals surface area (Å²) in [6.45, 7) is 1.42. The number of rotatable bonds is 8. The summed E-state index contributed by atoms with van der Waals surface area (Å²) in [5.74, 6) is -3.48. The summed E-state index contributed by atoms with van der Waals surface area (Å²) in [7, 11) is -3.73. The second-order valence-electron chi connectivity index (χ2n) is 11.7. The number of hydrogen-bond acceptors (Lipinski definition) is 7. The fraction of sp³-hybridized carbons (Fsp3) is 0.467. The number of aliphatic hydroxyl groups excluding tert-OH is 1. The molecule has 12 heteroatoms. The van der Waals surface area contributed by atoms with E-state index in [0.29, 0.717) is 39.2 Å². The highest BCUT2D eigenvalue weighted by atomic mass is 32.2. The second-order valence-corrected chi connectivity index (χ2v) is 13.6. The van der Waals surface area contributed by atoms with Crippen LogP contribution in [0.5, 0.6) is 0 Å². The van der Waals surface area contributed by atoms with Crippen LogP contribution in [0.3, 0.4) is 0 Å². The lowest BCUT2D eigenvalue weighted by molar-refractivity contribution is -0.0220. The van der Waals surface area contributed by atoms with Crippen LogP contribution >= 0.6 is 0 Å². The molecule has 2 aromatic carbocycles. The van der Waals surface area contributed by atoms with E-state index in [1.54, 1.807) is 42.6 Å². The predicted octanol–water partition coefficient (Wildman–Crippen LogP) is 4.84. The third-order valence-electron chi connectivity index (χ3n) is 8.78. The van der Waals surface area contributed by atoms with Crippen LogP contribution in [0.25, 0.3) is 10.9 Å². The largest absolute Gasteiger partial charge is 0.395 e. The van der Waals surface area contributed by atoms with E-state index < -0.39 is 28.3 Å². The van der Waals surface area contributed by atoms with E-state index >= 15 is 0 Å². The first-order valence-electron chi connectivity index (χ1n) is 14.4. The summed E-state index contributed by atoms with van der Waals surface area (Å²) in [5.41, 5.74) is 3.71. The monoisotopic (exact) mass is 599 g/mol. The van der Waals surface area contributed by atoms with Crippen molar-refractivity contribution in [3.8, 4) is 0 Å². The van der Waals surface area contributed by atoms with Crippen molar-refractivity contribution in [1.29, 1.82) is 0 Å². The maximum atomic E-state index is 13.9. The van der Waals surface area contributed by atoms with Crippen molar-refractivity contribution in [1.82, 2.24) is 4.98 Å². The molecule has 224 valence electrons. The summed E-state index contributed by atoms with van der Waals surface area (Å²) in [6, 6.07) is 12.1. The number of sulfonamides is 1. The molecule has 6 rings (SSSR count). The molecule has 9 nitrogen and oxygen atoms in total. The van der Waals surface area contributed by atoms with E-state index in [1.807, 2.05) is 11.0 Å². The summed E-state index contributed by atoms with van der Waals surface area (Å²) >= 11 is 0. The van der Waals surface area contributed by atoms with Crippen molar-refractivity contribution >= 4 is 49.6 Å². The molecule has 1 saturated carbocycles. The third-order valence-corrected chi connectivity index (χ3v) is 10.1. The Morgan fingerprint density at radius 1 is 0.929 bits per heavy atom. The first kappa shape index (κ1) is 28.6. The van der Waals surface area contributed by atoms with Gasteiger partial charge in [-0.3, -0.25) is 14.5 Å². The number of anilines is 4. The maximum absolute atomic E-state index is 13.9. The van der Waals surface area contributed by atoms with Crippen molar-refractivity contribution in [3.63, 3.8) is 0 Å². The lowest BCUT2D eigenvalue weighted by atomic mass is 9.93. The van der Waals surface area contributed by atoms with Gasteiger partial charge in [-0.2, -0.15) is 0 Å². The van der Waals surface area contributed by atoms with Crippen molar-refractivity contribution < 1.29 is 27.1 Å². The van der Waals surface area contributed by atoms with Crippen molar-refractivity contribution in [2.45, 2.75) is 44.4 Å². The van der Waals surface area contributed by atoms with E-state index in [-0.39, 0.29) is 31.8 Å². The standard InChI is InChI=1S/C30H35F2N5O4S/c31-30(32)9-14-37(15-10-30)26-19-22(18-21-2-1-11-33-27(21)26)28(39)34-24-4-3-23(35-42(40,41)17-16-38)20-25(24)36-12-7-29(5-6-29)8-13-36/h1-4,11,18-20,35,38H,5-10,12-17H2,(H,34,39). The fourth-order valence-corrected chi connectivity index (χ4v) is 6.85. The van der Waals surface area contributed by atoms with Crippen LogP contribution in [0, 0.1) is 5.41 Å². The van der Waals surface area contributed by atoms with Gasteiger partial charge in [-0.15, -0.1) is 0 Å². The summed E-state index contributed by atoms with van der Waals surface area (Å²) in [5, 5.41) is 12.9. The number of benzene rings is 2. The van der Waals surface area contributed by atoms with Gasteiger partial charge in [0.1, 0.15) is 0 Å². The van der Waals surface area contributed by atoms with Crippen LogP contribution in [-0.2, 0) is 10.0 Å². The highest BCUT2D eigenvalue weighted by Crippen LogP contribution is 2.54. The Morgan fingerprint density at radius 2 is 1.62 bits per heavy atom. The first-order chi connectivity index (χ1) is 20.1. The second kappa shape index (κ2) is 11.0. The van der Waals surface area contributed by atoms with Gasteiger partial charge < -0.3 is 20.2 Å². The quantitative estimate of drug-likeness (QED) is 0.340. The zero-order valence-corrected chi connectivity index (χ0v) is 24.1. The molecule has 3 aliphatic rings. The lowest BCUT2D eigenvalue weighted by Crippen LogP contribution is -2.39. The highest BCUT2D eigenvalue weighted by Gasteiger charge is 2.44. The topological polar surface area (TPSA) is 115 Å². The van der Waals surface area contributed by atoms with E-state index in [4.69, 9.17) is 5.11 Å². The molecule has 0 atom stereocenters. The van der Waals surface area contributed by atoms with Gasteiger partial charge in [-0.05, 0) is 67.5 Å². The van der Waals surface area contributed by atoms with E-state index in [9.17, 15) is 22.0 Å². The smallest absolute Gasteiger partial charge is 0.255 e. The van der Waals surface area contributed by atoms with Gasteiger partial charge in [0, 0.05) is 56.2 Å². The molecule has 3 heterocycles. The van der Waals surface area contributed by atoms with Crippen LogP contribution in [0.4, 0.5) is 31.5 Å². The Morgan fingerprint density at radius 3 is 2.31 bits per heavy atom. The number of hydrogen-bond donors (Lipinski definition) is 3. The number of piperidine rings is 2. The third kappa shape index (κ3) is 6.14. The van der Waals surface area contributed by atoms with Crippen molar-refractivity contribution in [2.24, 2.45) is 5.41 Å². The minimum absolute atomic E-state index is 0.165. The molecule has 3 fully saturated rings. The molecule has 0 unspecified atom stereocenters. The Hall–Kier alpha value is -3.51. The number of nitrogens with one attached hydrogen (secondary N) is 2. The van der Waals surface area contributed by atoms with Gasteiger partial charge in [0.25, 0.3) is 11.8 Å². The molecular formula is C30H35F2N5O4S. The number of halogens is 2. The number of carbonyl (C=O) groups is 1. The Labute approximate surface area is 244 Å². The fourth-order valence-electron chi connectivity index (χ4n) is 6.03. The normalized spacial score (nSPS) is 19.6. The average molecular weight is 600 g/mol. The van der Waals surface area contributed by atoms with Crippen molar-refractivity contribution in [2.75, 3.05) is 58.4 Å². The van der Waals surface area contributed by atoms with E-state index in [2.05, 4.69) is 19.9 Å². The number of fused-ring (bicyclic) bond motifs is 1. The van der Waals surface area contributed by atoms with Crippen LogP contribution in [0.1, 0.15) is 48.9 Å². The minimum atomic E-state index is -3.73. The van der Waals surface area contributed by atoms with E-state index in [1.165, 1.54) is 12.8 Å². The van der Waals surface area contributed by atoms with Crippen LogP contribution in [0.15, 0.2) is 48.7 Å². The molecule has 42 heavy (non-hydrogen) atoms. The number of carbonyl (C=O) groups excluding carboxylic acids is 1. The average Bonchev–Trinajstić information content (AvgIpc) is 3.72. The Kier molecular flexibility index (Phi) is 7.46. The molecule has 2 saturated heterocycles. The summed E-state index contributed by atoms with van der Waals surface area (Å²) < 4.78 is 55.0. The predicted molar refractivity (Wildman–Crippen MR) is 160 cm³/mol. The number of aromatic nitrogens is 1. The molecule has 0 radical (unpaired) electrons.